The molecular formula is C20H29ClN5O+. The van der Waals surface area contributed by atoms with E-state index in [1.807, 2.05) is 12.1 Å². The van der Waals surface area contributed by atoms with Crippen LogP contribution in [0.1, 0.15) is 62.4 Å². The third-order valence-electron chi connectivity index (χ3n) is 5.80. The molecular weight excluding hydrogens is 362 g/mol. The van der Waals surface area contributed by atoms with Crippen molar-refractivity contribution in [1.29, 1.82) is 0 Å². The average Bonchev–Trinajstić information content (AvgIpc) is 3.36. The van der Waals surface area contributed by atoms with Gasteiger partial charge in [-0.05, 0) is 48.2 Å². The van der Waals surface area contributed by atoms with E-state index in [0.717, 1.165) is 43.5 Å². The van der Waals surface area contributed by atoms with Crippen molar-refractivity contribution in [3.63, 3.8) is 0 Å². The lowest BCUT2D eigenvalue weighted by molar-refractivity contribution is -0.931. The summed E-state index contributed by atoms with van der Waals surface area (Å²) in [5.74, 6) is 1.00. The molecule has 146 valence electrons. The van der Waals surface area contributed by atoms with Crippen molar-refractivity contribution >= 4 is 11.6 Å². The molecule has 1 saturated carbocycles. The molecule has 0 radical (unpaired) electrons. The molecule has 2 heterocycles. The molecule has 7 heteroatoms. The van der Waals surface area contributed by atoms with E-state index in [9.17, 15) is 0 Å². The second-order valence-electron chi connectivity index (χ2n) is 7.90. The van der Waals surface area contributed by atoms with Gasteiger partial charge in [0.25, 0.3) is 0 Å². The Morgan fingerprint density at radius 3 is 2.59 bits per heavy atom. The third-order valence-corrected chi connectivity index (χ3v) is 6.05. The Morgan fingerprint density at radius 2 is 1.85 bits per heavy atom. The molecule has 0 spiro atoms. The second-order valence-corrected chi connectivity index (χ2v) is 8.34. The van der Waals surface area contributed by atoms with Crippen molar-refractivity contribution < 1.29 is 9.64 Å². The lowest BCUT2D eigenvalue weighted by Crippen LogP contribution is -3.10. The molecule has 2 fully saturated rings. The lowest BCUT2D eigenvalue weighted by atomic mass is 9.95. The molecule has 1 aliphatic heterocycles. The summed E-state index contributed by atoms with van der Waals surface area (Å²) in [5, 5.41) is 13.5. The fourth-order valence-electron chi connectivity index (χ4n) is 4.39. The minimum atomic E-state index is 0.339. The summed E-state index contributed by atoms with van der Waals surface area (Å²) < 4.78 is 8.00. The van der Waals surface area contributed by atoms with E-state index in [0.29, 0.717) is 12.1 Å². The number of nitrogens with one attached hydrogen (secondary N) is 1. The van der Waals surface area contributed by atoms with E-state index in [2.05, 4.69) is 32.3 Å². The van der Waals surface area contributed by atoms with Gasteiger partial charge < -0.3 is 9.64 Å². The van der Waals surface area contributed by atoms with Gasteiger partial charge in [-0.15, -0.1) is 5.10 Å². The largest absolute Gasteiger partial charge is 0.372 e. The van der Waals surface area contributed by atoms with Crippen LogP contribution >= 0.6 is 11.6 Å². The maximum absolute atomic E-state index is 6.05. The van der Waals surface area contributed by atoms with Crippen molar-refractivity contribution in [3.05, 3.63) is 40.7 Å². The maximum Gasteiger partial charge on any atom is 0.206 e. The molecule has 0 bridgehead atoms. The van der Waals surface area contributed by atoms with Gasteiger partial charge >= 0.3 is 0 Å². The van der Waals surface area contributed by atoms with Crippen molar-refractivity contribution in [1.82, 2.24) is 20.2 Å². The fourth-order valence-corrected chi connectivity index (χ4v) is 4.51. The second kappa shape index (κ2) is 9.13. The third kappa shape index (κ3) is 5.06. The highest BCUT2D eigenvalue weighted by Gasteiger charge is 2.26. The minimum absolute atomic E-state index is 0.339. The fraction of sp³-hybridized carbons (Fsp3) is 0.650. The Bertz CT molecular complexity index is 707. The summed E-state index contributed by atoms with van der Waals surface area (Å²) in [6, 6.07) is 8.62. The summed E-state index contributed by atoms with van der Waals surface area (Å²) in [4.78, 5) is 1.44. The van der Waals surface area contributed by atoms with E-state index in [1.54, 1.807) is 0 Å². The monoisotopic (exact) mass is 390 g/mol. The highest BCUT2D eigenvalue weighted by atomic mass is 35.5. The van der Waals surface area contributed by atoms with E-state index < -0.39 is 0 Å². The Hall–Kier alpha value is -1.50. The molecule has 1 N–H and O–H groups in total. The maximum atomic E-state index is 6.05. The van der Waals surface area contributed by atoms with Crippen LogP contribution in [0, 0.1) is 0 Å². The molecule has 1 aromatic heterocycles. The smallest absolute Gasteiger partial charge is 0.206 e. The van der Waals surface area contributed by atoms with Crippen LogP contribution in [0.25, 0.3) is 0 Å². The van der Waals surface area contributed by atoms with Crippen molar-refractivity contribution in [2.24, 2.45) is 0 Å². The van der Waals surface area contributed by atoms with E-state index in [4.69, 9.17) is 16.3 Å². The first-order chi connectivity index (χ1) is 13.3. The number of hydrogen-bond acceptors (Lipinski definition) is 4. The summed E-state index contributed by atoms with van der Waals surface area (Å²) >= 11 is 6.05. The van der Waals surface area contributed by atoms with Crippen LogP contribution in [-0.2, 0) is 17.8 Å². The number of quaternary nitrogens is 1. The molecule has 27 heavy (non-hydrogen) atoms. The van der Waals surface area contributed by atoms with Crippen LogP contribution in [-0.4, -0.2) is 39.5 Å². The van der Waals surface area contributed by atoms with Gasteiger partial charge in [0.15, 0.2) is 0 Å². The van der Waals surface area contributed by atoms with Gasteiger partial charge in [0.2, 0.25) is 5.82 Å². The zero-order valence-electron chi connectivity index (χ0n) is 15.8. The zero-order chi connectivity index (χ0) is 18.5. The Morgan fingerprint density at radius 1 is 1.04 bits per heavy atom. The molecule has 1 unspecified atom stereocenters. The molecule has 2 aliphatic rings. The van der Waals surface area contributed by atoms with Gasteiger partial charge in [-0.25, -0.2) is 4.68 Å². The molecule has 2 atom stereocenters. The standard InChI is InChI=1S/C20H28ClN5O/c21-17-10-8-16(9-11-17)13-25(14-19-7-4-12-27-19)15-20-22-23-24-26(20)18-5-2-1-3-6-18/h8-11,18-19H,1-7,12-15H2/p+1/t19-/m1/s1. The molecule has 2 aromatic rings. The highest BCUT2D eigenvalue weighted by Crippen LogP contribution is 2.27. The van der Waals surface area contributed by atoms with Gasteiger partial charge in [-0.1, -0.05) is 43.0 Å². The van der Waals surface area contributed by atoms with E-state index in [-0.39, 0.29) is 0 Å². The number of hydrogen-bond donors (Lipinski definition) is 1. The van der Waals surface area contributed by atoms with Gasteiger partial charge in [-0.3, -0.25) is 0 Å². The topological polar surface area (TPSA) is 57.3 Å². The average molecular weight is 391 g/mol. The summed E-state index contributed by atoms with van der Waals surface area (Å²) in [5.41, 5.74) is 1.28. The summed E-state index contributed by atoms with van der Waals surface area (Å²) in [7, 11) is 0. The number of ether oxygens (including phenoxy) is 1. The Balaban J connectivity index is 1.48. The quantitative estimate of drug-likeness (QED) is 0.789. The number of aromatic nitrogens is 4. The SMILES string of the molecule is Clc1ccc(C[NH+](Cc2nnnn2C2CCCCC2)C[C@H]2CCCO2)cc1. The molecule has 0 amide bonds. The zero-order valence-corrected chi connectivity index (χ0v) is 16.6. The molecule has 1 saturated heterocycles. The van der Waals surface area contributed by atoms with Crippen LogP contribution < -0.4 is 4.90 Å². The van der Waals surface area contributed by atoms with Crippen LogP contribution in [0.2, 0.25) is 5.02 Å². The normalized spacial score (nSPS) is 22.2. The van der Waals surface area contributed by atoms with Gasteiger partial charge in [0, 0.05) is 17.2 Å². The minimum Gasteiger partial charge on any atom is -0.372 e. The molecule has 1 aliphatic carbocycles. The van der Waals surface area contributed by atoms with Crippen molar-refractivity contribution in [2.75, 3.05) is 13.2 Å². The predicted molar refractivity (Wildman–Crippen MR) is 104 cm³/mol. The number of benzene rings is 1. The first-order valence-electron chi connectivity index (χ1n) is 10.2. The van der Waals surface area contributed by atoms with Crippen molar-refractivity contribution in [3.8, 4) is 0 Å². The first-order valence-corrected chi connectivity index (χ1v) is 10.6. The number of nitrogens with zero attached hydrogens (tertiary/aromatic N) is 4. The number of tetrazole rings is 1. The Labute approximate surface area is 165 Å². The molecule has 4 rings (SSSR count). The van der Waals surface area contributed by atoms with Crippen molar-refractivity contribution in [2.45, 2.75) is 70.2 Å². The van der Waals surface area contributed by atoms with E-state index >= 15 is 0 Å². The summed E-state index contributed by atoms with van der Waals surface area (Å²) in [6.45, 7) is 3.62. The van der Waals surface area contributed by atoms with Crippen LogP contribution in [0.5, 0.6) is 0 Å². The first kappa shape index (κ1) is 18.8. The predicted octanol–water partition coefficient (Wildman–Crippen LogP) is 2.60. The van der Waals surface area contributed by atoms with Gasteiger partial charge in [0.05, 0.1) is 6.04 Å². The highest BCUT2D eigenvalue weighted by molar-refractivity contribution is 6.30. The molecule has 6 nitrogen and oxygen atoms in total. The van der Waals surface area contributed by atoms with Crippen LogP contribution in [0.3, 0.4) is 0 Å². The molecule has 1 aromatic carbocycles. The number of rotatable bonds is 7. The van der Waals surface area contributed by atoms with Gasteiger partial charge in [0.1, 0.15) is 25.7 Å². The van der Waals surface area contributed by atoms with E-state index in [1.165, 1.54) is 49.0 Å². The van der Waals surface area contributed by atoms with Gasteiger partial charge in [-0.2, -0.15) is 0 Å². The lowest BCUT2D eigenvalue weighted by Gasteiger charge is -2.25. The van der Waals surface area contributed by atoms with Crippen LogP contribution in [0.15, 0.2) is 24.3 Å². The summed E-state index contributed by atoms with van der Waals surface area (Å²) in [6.07, 6.45) is 8.93. The Kier molecular flexibility index (Phi) is 6.37. The van der Waals surface area contributed by atoms with Crippen LogP contribution in [0.4, 0.5) is 0 Å². The number of halogens is 1.